The van der Waals surface area contributed by atoms with Crippen LogP contribution >= 0.6 is 0 Å². The molecule has 1 fully saturated rings. The van der Waals surface area contributed by atoms with Crippen molar-refractivity contribution in [3.63, 3.8) is 0 Å². The Labute approximate surface area is 194 Å². The third kappa shape index (κ3) is 6.67. The summed E-state index contributed by atoms with van der Waals surface area (Å²) in [7, 11) is 0. The van der Waals surface area contributed by atoms with Gasteiger partial charge in [-0.3, -0.25) is 0 Å². The first-order valence-corrected chi connectivity index (χ1v) is 11.2. The minimum atomic E-state index is -5.75. The van der Waals surface area contributed by atoms with Crippen LogP contribution in [0.2, 0.25) is 0 Å². The summed E-state index contributed by atoms with van der Waals surface area (Å²) in [6.07, 6.45) is -9.18. The van der Waals surface area contributed by atoms with E-state index in [4.69, 9.17) is 4.74 Å². The molecule has 0 heterocycles. The lowest BCUT2D eigenvalue weighted by Crippen LogP contribution is -2.45. The minimum Gasteiger partial charge on any atom is -0.459 e. The van der Waals surface area contributed by atoms with Gasteiger partial charge in [-0.25, -0.2) is 9.18 Å². The molecule has 34 heavy (non-hydrogen) atoms. The third-order valence-corrected chi connectivity index (χ3v) is 5.91. The van der Waals surface area contributed by atoms with Crippen molar-refractivity contribution in [1.82, 2.24) is 0 Å². The van der Waals surface area contributed by atoms with Crippen molar-refractivity contribution in [2.24, 2.45) is 5.92 Å². The number of carbonyl (C=O) groups is 1. The lowest BCUT2D eigenvalue weighted by molar-refractivity contribution is -0.304. The predicted octanol–water partition coefficient (Wildman–Crippen LogP) is 7.74. The van der Waals surface area contributed by atoms with Gasteiger partial charge in [-0.15, -0.1) is 0 Å². The van der Waals surface area contributed by atoms with Gasteiger partial charge in [0.25, 0.3) is 6.17 Å². The van der Waals surface area contributed by atoms with Crippen LogP contribution < -0.4 is 4.74 Å². The van der Waals surface area contributed by atoms with Gasteiger partial charge in [0.05, 0.1) is 5.56 Å². The minimum absolute atomic E-state index is 0.0905. The SMILES string of the molecule is CCCC1CCC(OC(=O)c2ccc(-c3ccc(OC(F)(F)C(F)C(F)(F)F)cc3)cc2)CC1. The highest BCUT2D eigenvalue weighted by Crippen LogP contribution is 2.37. The maximum atomic E-state index is 13.4. The standard InChI is InChI=1S/C25H26F6O3/c1-2-3-16-4-12-20(13-5-16)33-22(32)19-8-6-17(7-9-19)18-10-14-21(15-11-18)34-25(30,31)23(26)24(27,28)29/h6-11,14-16,20,23H,2-5,12-13H2,1H3. The van der Waals surface area contributed by atoms with Crippen molar-refractivity contribution in [3.8, 4) is 16.9 Å². The molecule has 186 valence electrons. The number of rotatable bonds is 8. The molecule has 3 rings (SSSR count). The molecule has 0 aliphatic heterocycles. The predicted molar refractivity (Wildman–Crippen MR) is 114 cm³/mol. The van der Waals surface area contributed by atoms with Crippen molar-refractivity contribution in [1.29, 1.82) is 0 Å². The van der Waals surface area contributed by atoms with Gasteiger partial charge >= 0.3 is 18.3 Å². The molecule has 0 spiro atoms. The molecule has 3 nitrogen and oxygen atoms in total. The van der Waals surface area contributed by atoms with Crippen LogP contribution in [0.25, 0.3) is 11.1 Å². The van der Waals surface area contributed by atoms with E-state index in [-0.39, 0.29) is 6.10 Å². The number of halogens is 6. The van der Waals surface area contributed by atoms with E-state index in [0.717, 1.165) is 44.2 Å². The van der Waals surface area contributed by atoms with Crippen molar-refractivity contribution in [3.05, 3.63) is 54.1 Å². The third-order valence-electron chi connectivity index (χ3n) is 5.91. The number of ether oxygens (including phenoxy) is 2. The number of carbonyl (C=O) groups excluding carboxylic acids is 1. The van der Waals surface area contributed by atoms with E-state index >= 15 is 0 Å². The van der Waals surface area contributed by atoms with Gasteiger partial charge in [-0.05, 0) is 67.0 Å². The number of hydrogen-bond acceptors (Lipinski definition) is 3. The van der Waals surface area contributed by atoms with Crippen LogP contribution in [-0.4, -0.2) is 30.5 Å². The Morgan fingerprint density at radius 1 is 0.912 bits per heavy atom. The summed E-state index contributed by atoms with van der Waals surface area (Å²) < 4.78 is 86.0. The van der Waals surface area contributed by atoms with E-state index in [0.29, 0.717) is 22.6 Å². The zero-order chi connectivity index (χ0) is 24.9. The van der Waals surface area contributed by atoms with E-state index in [1.807, 2.05) is 0 Å². The summed E-state index contributed by atoms with van der Waals surface area (Å²) in [4.78, 5) is 12.5. The van der Waals surface area contributed by atoms with Gasteiger partial charge in [0.1, 0.15) is 11.9 Å². The zero-order valence-electron chi connectivity index (χ0n) is 18.6. The molecule has 0 amide bonds. The Kier molecular flexibility index (Phi) is 8.15. The summed E-state index contributed by atoms with van der Waals surface area (Å²) in [5, 5.41) is 0. The fourth-order valence-corrected chi connectivity index (χ4v) is 4.08. The molecule has 0 saturated heterocycles. The summed E-state index contributed by atoms with van der Waals surface area (Å²) in [5.41, 5.74) is 1.55. The highest BCUT2D eigenvalue weighted by Gasteiger charge is 2.59. The van der Waals surface area contributed by atoms with E-state index in [9.17, 15) is 31.1 Å². The molecule has 1 atom stereocenters. The summed E-state index contributed by atoms with van der Waals surface area (Å²) >= 11 is 0. The normalized spacial score (nSPS) is 20.0. The van der Waals surface area contributed by atoms with Crippen molar-refractivity contribution < 1.29 is 40.6 Å². The Morgan fingerprint density at radius 3 is 1.94 bits per heavy atom. The zero-order valence-corrected chi connectivity index (χ0v) is 18.6. The monoisotopic (exact) mass is 488 g/mol. The maximum Gasteiger partial charge on any atom is 0.439 e. The lowest BCUT2D eigenvalue weighted by Gasteiger charge is -2.28. The number of benzene rings is 2. The average Bonchev–Trinajstić information content (AvgIpc) is 2.80. The van der Waals surface area contributed by atoms with Crippen molar-refractivity contribution in [2.45, 2.75) is 70.0 Å². The van der Waals surface area contributed by atoms with E-state index in [2.05, 4.69) is 11.7 Å². The highest BCUT2D eigenvalue weighted by molar-refractivity contribution is 5.90. The fraction of sp³-hybridized carbons (Fsp3) is 0.480. The van der Waals surface area contributed by atoms with Gasteiger partial charge < -0.3 is 9.47 Å². The molecule has 1 aliphatic carbocycles. The summed E-state index contributed by atoms with van der Waals surface area (Å²) in [5.74, 6) is -0.332. The molecule has 0 N–H and O–H groups in total. The van der Waals surface area contributed by atoms with Crippen LogP contribution in [0.4, 0.5) is 26.3 Å². The van der Waals surface area contributed by atoms with Gasteiger partial charge in [0.2, 0.25) is 0 Å². The second kappa shape index (κ2) is 10.7. The molecule has 1 unspecified atom stereocenters. The van der Waals surface area contributed by atoms with Crippen LogP contribution in [0, 0.1) is 5.92 Å². The second-order valence-electron chi connectivity index (χ2n) is 8.51. The Morgan fingerprint density at radius 2 is 1.44 bits per heavy atom. The van der Waals surface area contributed by atoms with Crippen LogP contribution in [-0.2, 0) is 4.74 Å². The first-order chi connectivity index (χ1) is 16.0. The molecule has 0 aromatic heterocycles. The Bertz CT molecular complexity index is 933. The van der Waals surface area contributed by atoms with Crippen molar-refractivity contribution >= 4 is 5.97 Å². The number of hydrogen-bond donors (Lipinski definition) is 0. The van der Waals surface area contributed by atoms with E-state index < -0.39 is 30.2 Å². The van der Waals surface area contributed by atoms with Crippen LogP contribution in [0.3, 0.4) is 0 Å². The fourth-order valence-electron chi connectivity index (χ4n) is 4.08. The molecule has 1 saturated carbocycles. The maximum absolute atomic E-state index is 13.4. The first-order valence-electron chi connectivity index (χ1n) is 11.2. The first kappa shape index (κ1) is 25.9. The molecule has 0 radical (unpaired) electrons. The lowest BCUT2D eigenvalue weighted by atomic mass is 9.85. The average molecular weight is 488 g/mol. The van der Waals surface area contributed by atoms with E-state index in [1.54, 1.807) is 24.3 Å². The largest absolute Gasteiger partial charge is 0.459 e. The van der Waals surface area contributed by atoms with Crippen LogP contribution in [0.1, 0.15) is 55.8 Å². The highest BCUT2D eigenvalue weighted by atomic mass is 19.4. The molecule has 2 aromatic carbocycles. The van der Waals surface area contributed by atoms with Crippen LogP contribution in [0.5, 0.6) is 5.75 Å². The smallest absolute Gasteiger partial charge is 0.439 e. The molecule has 2 aromatic rings. The van der Waals surface area contributed by atoms with Gasteiger partial charge in [-0.2, -0.15) is 22.0 Å². The van der Waals surface area contributed by atoms with Gasteiger partial charge in [0.15, 0.2) is 0 Å². The molecular formula is C25H26F6O3. The molecule has 9 heteroatoms. The number of esters is 1. The van der Waals surface area contributed by atoms with Crippen LogP contribution in [0.15, 0.2) is 48.5 Å². The van der Waals surface area contributed by atoms with Gasteiger partial charge in [-0.1, -0.05) is 44.0 Å². The quantitative estimate of drug-likeness (QED) is 0.282. The Balaban J connectivity index is 1.58. The number of alkyl halides is 6. The second-order valence-corrected chi connectivity index (χ2v) is 8.51. The summed E-state index contributed by atoms with van der Waals surface area (Å²) in [6, 6.07) is 11.2. The molecule has 1 aliphatic rings. The molecular weight excluding hydrogens is 462 g/mol. The van der Waals surface area contributed by atoms with Gasteiger partial charge in [0, 0.05) is 0 Å². The Hall–Kier alpha value is -2.71. The topological polar surface area (TPSA) is 35.5 Å². The van der Waals surface area contributed by atoms with E-state index in [1.165, 1.54) is 18.6 Å². The summed E-state index contributed by atoms with van der Waals surface area (Å²) in [6.45, 7) is 2.16. The van der Waals surface area contributed by atoms with Crippen molar-refractivity contribution in [2.75, 3.05) is 0 Å². The molecule has 0 bridgehead atoms.